The van der Waals surface area contributed by atoms with Crippen molar-refractivity contribution in [3.63, 3.8) is 0 Å². The summed E-state index contributed by atoms with van der Waals surface area (Å²) in [7, 11) is 1.56. The van der Waals surface area contributed by atoms with Crippen molar-refractivity contribution >= 4 is 5.97 Å². The van der Waals surface area contributed by atoms with Gasteiger partial charge in [0, 0.05) is 6.92 Å². The topological polar surface area (TPSA) is 63.2 Å². The van der Waals surface area contributed by atoms with Crippen LogP contribution in [-0.2, 0) is 9.53 Å². The van der Waals surface area contributed by atoms with Crippen LogP contribution in [0.4, 0.5) is 0 Å². The van der Waals surface area contributed by atoms with E-state index in [-0.39, 0.29) is 25.0 Å². The number of methoxy groups -OCH3 is 1. The van der Waals surface area contributed by atoms with E-state index in [0.717, 1.165) is 22.6 Å². The van der Waals surface area contributed by atoms with Crippen LogP contribution in [0.15, 0.2) is 36.4 Å². The van der Waals surface area contributed by atoms with Crippen LogP contribution in [0.25, 0.3) is 0 Å². The van der Waals surface area contributed by atoms with Crippen molar-refractivity contribution in [2.45, 2.75) is 33.0 Å². The quantitative estimate of drug-likeness (QED) is 0.574. The summed E-state index contributed by atoms with van der Waals surface area (Å²) in [6.45, 7) is 6.01. The lowest BCUT2D eigenvalue weighted by atomic mass is 9.85. The maximum Gasteiger partial charge on any atom is 0.308 e. The molecule has 2 aromatic carbocycles. The maximum atomic E-state index is 11.3. The van der Waals surface area contributed by atoms with Crippen molar-refractivity contribution < 1.29 is 28.5 Å². The zero-order valence-corrected chi connectivity index (χ0v) is 16.4. The van der Waals surface area contributed by atoms with Gasteiger partial charge in [-0.2, -0.15) is 0 Å². The van der Waals surface area contributed by atoms with Gasteiger partial charge < -0.3 is 23.7 Å². The fourth-order valence-electron chi connectivity index (χ4n) is 3.91. The lowest BCUT2D eigenvalue weighted by Gasteiger charge is -2.18. The van der Waals surface area contributed by atoms with E-state index in [4.69, 9.17) is 23.7 Å². The molecule has 0 unspecified atom stereocenters. The van der Waals surface area contributed by atoms with E-state index >= 15 is 0 Å². The van der Waals surface area contributed by atoms with Gasteiger partial charge in [0.15, 0.2) is 23.0 Å². The largest absolute Gasteiger partial charge is 0.493 e. The smallest absolute Gasteiger partial charge is 0.308 e. The highest BCUT2D eigenvalue weighted by molar-refractivity contribution is 5.70. The van der Waals surface area contributed by atoms with Gasteiger partial charge in [0.2, 0.25) is 6.79 Å². The predicted octanol–water partition coefficient (Wildman–Crippen LogP) is 4.43. The Balaban J connectivity index is 1.60. The molecule has 4 rings (SSSR count). The number of fused-ring (bicyclic) bond motifs is 1. The molecule has 6 nitrogen and oxygen atoms in total. The van der Waals surface area contributed by atoms with E-state index in [2.05, 4.69) is 13.8 Å². The van der Waals surface area contributed by atoms with Gasteiger partial charge in [-0.15, -0.1) is 0 Å². The molecular formula is C22H24O6. The third-order valence-electron chi connectivity index (χ3n) is 5.57. The molecule has 0 N–H and O–H groups in total. The van der Waals surface area contributed by atoms with Crippen LogP contribution in [0.5, 0.6) is 23.0 Å². The molecular weight excluding hydrogens is 360 g/mol. The fourth-order valence-corrected chi connectivity index (χ4v) is 3.91. The molecule has 4 atom stereocenters. The molecule has 1 fully saturated rings. The zero-order valence-electron chi connectivity index (χ0n) is 16.4. The summed E-state index contributed by atoms with van der Waals surface area (Å²) in [5.41, 5.74) is 2.07. The normalized spacial score (nSPS) is 25.6. The summed E-state index contributed by atoms with van der Waals surface area (Å²) in [4.78, 5) is 11.3. The Morgan fingerprint density at radius 1 is 0.929 bits per heavy atom. The van der Waals surface area contributed by atoms with Gasteiger partial charge in [0.1, 0.15) is 0 Å². The summed E-state index contributed by atoms with van der Waals surface area (Å²) in [6.07, 6.45) is -0.139. The van der Waals surface area contributed by atoms with E-state index in [9.17, 15) is 4.79 Å². The first-order chi connectivity index (χ1) is 13.5. The van der Waals surface area contributed by atoms with Crippen LogP contribution < -0.4 is 18.9 Å². The van der Waals surface area contributed by atoms with Crippen LogP contribution in [0, 0.1) is 11.8 Å². The summed E-state index contributed by atoms with van der Waals surface area (Å²) in [6, 6.07) is 11.5. The highest BCUT2D eigenvalue weighted by Crippen LogP contribution is 2.51. The molecule has 0 spiro atoms. The first kappa shape index (κ1) is 18.6. The monoisotopic (exact) mass is 384 g/mol. The number of hydrogen-bond donors (Lipinski definition) is 0. The van der Waals surface area contributed by atoms with E-state index in [1.807, 2.05) is 30.3 Å². The Morgan fingerprint density at radius 2 is 1.57 bits per heavy atom. The molecule has 2 aromatic rings. The second-order valence-corrected chi connectivity index (χ2v) is 7.31. The lowest BCUT2D eigenvalue weighted by Crippen LogP contribution is -2.10. The maximum absolute atomic E-state index is 11.3. The van der Waals surface area contributed by atoms with Crippen molar-refractivity contribution in [2.75, 3.05) is 13.9 Å². The third-order valence-corrected chi connectivity index (χ3v) is 5.57. The minimum atomic E-state index is -0.381. The van der Waals surface area contributed by atoms with Gasteiger partial charge in [-0.3, -0.25) is 4.79 Å². The standard InChI is InChI=1S/C22H24O6/c1-12-13(2)22(16-5-7-17-20(10-16)26-11-25-17)28-21(12)15-6-8-18(27-14(3)23)19(9-15)24-4/h5-10,12-13,21-22H,11H2,1-4H3/t12-,13+,21-,22+/m1/s1. The Bertz CT molecular complexity index is 893. The molecule has 0 aliphatic carbocycles. The number of benzene rings is 2. The summed E-state index contributed by atoms with van der Waals surface area (Å²) in [5.74, 6) is 2.67. The molecule has 0 radical (unpaired) electrons. The molecule has 0 amide bonds. The average molecular weight is 384 g/mol. The van der Waals surface area contributed by atoms with Gasteiger partial charge in [-0.05, 0) is 47.2 Å². The highest BCUT2D eigenvalue weighted by Gasteiger charge is 2.41. The number of rotatable bonds is 4. The minimum absolute atomic E-state index is 0.0476. The molecule has 148 valence electrons. The van der Waals surface area contributed by atoms with Crippen LogP contribution in [0.3, 0.4) is 0 Å². The molecule has 2 heterocycles. The van der Waals surface area contributed by atoms with E-state index in [1.54, 1.807) is 13.2 Å². The van der Waals surface area contributed by atoms with Crippen molar-refractivity contribution in [3.05, 3.63) is 47.5 Å². The Labute approximate surface area is 164 Å². The van der Waals surface area contributed by atoms with Crippen LogP contribution in [-0.4, -0.2) is 19.9 Å². The van der Waals surface area contributed by atoms with Gasteiger partial charge in [-0.25, -0.2) is 0 Å². The van der Waals surface area contributed by atoms with Crippen molar-refractivity contribution in [2.24, 2.45) is 11.8 Å². The van der Waals surface area contributed by atoms with E-state index in [1.165, 1.54) is 6.92 Å². The molecule has 0 saturated carbocycles. The molecule has 1 saturated heterocycles. The summed E-state index contributed by atoms with van der Waals surface area (Å²) >= 11 is 0. The van der Waals surface area contributed by atoms with Crippen LogP contribution >= 0.6 is 0 Å². The third kappa shape index (κ3) is 3.29. The predicted molar refractivity (Wildman–Crippen MR) is 102 cm³/mol. The first-order valence-electron chi connectivity index (χ1n) is 9.39. The second-order valence-electron chi connectivity index (χ2n) is 7.31. The number of hydrogen-bond acceptors (Lipinski definition) is 6. The summed E-state index contributed by atoms with van der Waals surface area (Å²) < 4.78 is 28.0. The van der Waals surface area contributed by atoms with Crippen LogP contribution in [0.2, 0.25) is 0 Å². The molecule has 6 heteroatoms. The van der Waals surface area contributed by atoms with Gasteiger partial charge in [0.05, 0.1) is 19.3 Å². The van der Waals surface area contributed by atoms with E-state index in [0.29, 0.717) is 23.3 Å². The van der Waals surface area contributed by atoms with Crippen LogP contribution in [0.1, 0.15) is 44.1 Å². The second kappa shape index (κ2) is 7.36. The molecule has 2 aliphatic heterocycles. The van der Waals surface area contributed by atoms with Crippen molar-refractivity contribution in [1.29, 1.82) is 0 Å². The number of carbonyl (C=O) groups excluding carboxylic acids is 1. The van der Waals surface area contributed by atoms with Gasteiger partial charge in [0.25, 0.3) is 0 Å². The highest BCUT2D eigenvalue weighted by atomic mass is 16.7. The van der Waals surface area contributed by atoms with Gasteiger partial charge >= 0.3 is 5.97 Å². The Morgan fingerprint density at radius 3 is 2.25 bits per heavy atom. The number of esters is 1. The molecule has 28 heavy (non-hydrogen) atoms. The molecule has 0 aromatic heterocycles. The van der Waals surface area contributed by atoms with Crippen molar-refractivity contribution in [3.8, 4) is 23.0 Å². The Hall–Kier alpha value is -2.73. The first-order valence-corrected chi connectivity index (χ1v) is 9.39. The Kier molecular flexibility index (Phi) is 4.89. The fraction of sp³-hybridized carbons (Fsp3) is 0.409. The summed E-state index contributed by atoms with van der Waals surface area (Å²) in [5, 5.41) is 0. The SMILES string of the molecule is COc1cc([C@@H]2O[C@H](c3ccc4c(c3)OCO4)[C@@H](C)[C@H]2C)ccc1OC(C)=O. The van der Waals surface area contributed by atoms with E-state index < -0.39 is 0 Å². The molecule has 2 aliphatic rings. The zero-order chi connectivity index (χ0) is 19.8. The van der Waals surface area contributed by atoms with Crippen molar-refractivity contribution in [1.82, 2.24) is 0 Å². The lowest BCUT2D eigenvalue weighted by molar-refractivity contribution is -0.132. The minimum Gasteiger partial charge on any atom is -0.493 e. The van der Waals surface area contributed by atoms with Gasteiger partial charge in [-0.1, -0.05) is 26.0 Å². The molecule has 0 bridgehead atoms. The number of ether oxygens (including phenoxy) is 5. The number of carbonyl (C=O) groups is 1. The average Bonchev–Trinajstić information content (AvgIpc) is 3.26.